The van der Waals surface area contributed by atoms with Gasteiger partial charge in [0.15, 0.2) is 34.7 Å². The number of hydrogen-bond donors (Lipinski definition) is 6. The highest BCUT2D eigenvalue weighted by Crippen LogP contribution is 2.57. The van der Waals surface area contributed by atoms with Crippen molar-refractivity contribution in [2.24, 2.45) is 0 Å². The number of carbonyl (C=O) groups excluding carboxylic acids is 6. The van der Waals surface area contributed by atoms with E-state index >= 15 is 0 Å². The van der Waals surface area contributed by atoms with Crippen LogP contribution in [0.1, 0.15) is 95.5 Å². The van der Waals surface area contributed by atoms with Crippen molar-refractivity contribution in [2.45, 2.75) is 0 Å². The van der Waals surface area contributed by atoms with Crippen molar-refractivity contribution in [1.82, 2.24) is 0 Å². The van der Waals surface area contributed by atoms with E-state index in [0.717, 1.165) is 66.8 Å². The topological polar surface area (TPSA) is 314 Å². The van der Waals surface area contributed by atoms with Gasteiger partial charge >= 0.3 is 0 Å². The Morgan fingerprint density at radius 1 is 0.130 bits per heavy atom. The molecule has 0 radical (unpaired) electrons. The zero-order valence-corrected chi connectivity index (χ0v) is 73.9. The van der Waals surface area contributed by atoms with Crippen molar-refractivity contribution in [3.05, 3.63) is 504 Å². The van der Waals surface area contributed by atoms with Crippen LogP contribution in [0.3, 0.4) is 0 Å². The van der Waals surface area contributed by atoms with Gasteiger partial charge in [0.1, 0.15) is 69.0 Å². The predicted molar refractivity (Wildman–Crippen MR) is 544 cm³/mol. The van der Waals surface area contributed by atoms with Crippen LogP contribution in [0.2, 0.25) is 0 Å². The molecule has 0 fully saturated rings. The number of hydrogen-bond acceptors (Lipinski definition) is 18. The maximum atomic E-state index is 13.8. The molecule has 0 amide bonds. The van der Waals surface area contributed by atoms with Gasteiger partial charge in [0.2, 0.25) is 0 Å². The quantitative estimate of drug-likeness (QED) is 0.0180. The number of ether oxygens (including phenoxy) is 6. The second-order valence-corrected chi connectivity index (χ2v) is 32.9. The molecule has 0 unspecified atom stereocenters. The Balaban J connectivity index is 0.810. The molecule has 19 rings (SSSR count). The first kappa shape index (κ1) is 88.1. The first-order chi connectivity index (χ1) is 67.2. The van der Waals surface area contributed by atoms with Crippen LogP contribution >= 0.6 is 0 Å². The normalized spacial score (nSPS) is 11.0. The van der Waals surface area contributed by atoms with Gasteiger partial charge in [-0.05, 0) is 358 Å². The largest absolute Gasteiger partial charge is 0.457 e. The zero-order valence-electron chi connectivity index (χ0n) is 73.9. The lowest BCUT2D eigenvalue weighted by Crippen LogP contribution is -2.03. The molecule has 138 heavy (non-hydrogen) atoms. The predicted octanol–water partition coefficient (Wildman–Crippen LogP) is 27.3. The van der Waals surface area contributed by atoms with Gasteiger partial charge < -0.3 is 62.8 Å². The third-order valence-electron chi connectivity index (χ3n) is 23.4. The van der Waals surface area contributed by atoms with Gasteiger partial charge in [0.25, 0.3) is 0 Å². The molecule has 0 spiro atoms. The van der Waals surface area contributed by atoms with Crippen molar-refractivity contribution in [3.63, 3.8) is 0 Å². The summed E-state index contributed by atoms with van der Waals surface area (Å²) < 4.78 is 40.2. The lowest BCUT2D eigenvalue weighted by Gasteiger charge is -2.29. The molecule has 19 aromatic carbocycles. The number of ketones is 6. The molecule has 0 bridgehead atoms. The van der Waals surface area contributed by atoms with Crippen LogP contribution in [-0.4, -0.2) is 34.7 Å². The Labute approximate surface area is 794 Å². The van der Waals surface area contributed by atoms with Crippen LogP contribution in [0.25, 0.3) is 66.8 Å². The number of nitrogens with two attached hydrogens (primary N) is 6. The molecule has 18 heteroatoms. The maximum Gasteiger partial charge on any atom is 0.193 e. The van der Waals surface area contributed by atoms with E-state index in [4.69, 9.17) is 62.8 Å². The van der Waals surface area contributed by atoms with Gasteiger partial charge in [-0.1, -0.05) is 146 Å². The Morgan fingerprint density at radius 2 is 0.239 bits per heavy atom. The summed E-state index contributed by atoms with van der Waals surface area (Å²) in [5.74, 6) is 4.44. The molecule has 0 aliphatic heterocycles. The third kappa shape index (κ3) is 19.9. The average Bonchev–Trinajstić information content (AvgIpc) is 0.711. The second-order valence-electron chi connectivity index (χ2n) is 32.9. The molecule has 0 aromatic heterocycles. The van der Waals surface area contributed by atoms with Crippen molar-refractivity contribution in [2.75, 3.05) is 34.4 Å². The van der Waals surface area contributed by atoms with Crippen molar-refractivity contribution >= 4 is 68.8 Å². The minimum atomic E-state index is -0.201. The summed E-state index contributed by atoms with van der Waals surface area (Å²) in [5, 5.41) is 0. The van der Waals surface area contributed by atoms with E-state index in [0.29, 0.717) is 170 Å². The summed E-state index contributed by atoms with van der Waals surface area (Å²) in [4.78, 5) is 82.9. The van der Waals surface area contributed by atoms with Gasteiger partial charge in [-0.2, -0.15) is 0 Å². The summed E-state index contributed by atoms with van der Waals surface area (Å²) in [7, 11) is 0. The standard InChI is InChI=1S/C120H84N6O12/c121-91-13-1-7-85(67-91)115(127)79-31-55-103(56-32-79)133-97-43-19-73(20-44-97)109-110(74-21-45-98(46-22-74)134-104-57-33-80(34-58-104)116(128)86-8-2-14-92(122)68-86)112(76-25-49-100(50-26-76)136-106-61-37-82(38-62-106)118(130)88-10-4-16-94(124)70-88)114(78-29-53-102(54-30-78)138-108-65-41-84(42-66-108)120(132)90-12-6-18-96(126)72-90)113(77-27-51-101(52-28-77)137-107-63-39-83(40-64-107)119(131)89-11-5-17-95(125)71-89)111(109)75-23-47-99(48-24-75)135-105-59-35-81(36-60-105)117(129)87-9-3-15-93(123)69-87/h1-72H,121-126H2. The van der Waals surface area contributed by atoms with Crippen LogP contribution in [0.5, 0.6) is 69.0 Å². The minimum absolute atomic E-state index is 0.201. The fraction of sp³-hybridized carbons (Fsp3) is 0. The molecule has 19 aromatic rings. The van der Waals surface area contributed by atoms with E-state index in [-0.39, 0.29) is 34.7 Å². The van der Waals surface area contributed by atoms with Crippen LogP contribution < -0.4 is 62.8 Å². The molecule has 0 aliphatic rings. The lowest BCUT2D eigenvalue weighted by atomic mass is 9.74. The third-order valence-corrected chi connectivity index (χ3v) is 23.4. The summed E-state index contributed by atoms with van der Waals surface area (Å²) in [6.07, 6.45) is 0. The van der Waals surface area contributed by atoms with Crippen LogP contribution in [-0.2, 0) is 0 Å². The highest BCUT2D eigenvalue weighted by Gasteiger charge is 2.31. The maximum absolute atomic E-state index is 13.8. The summed E-state index contributed by atoms with van der Waals surface area (Å²) in [6, 6.07) is 130. The van der Waals surface area contributed by atoms with Crippen molar-refractivity contribution in [3.8, 4) is 136 Å². The Kier molecular flexibility index (Phi) is 24.9. The van der Waals surface area contributed by atoms with E-state index in [1.54, 1.807) is 291 Å². The number of benzene rings is 19. The molecule has 18 nitrogen and oxygen atoms in total. The lowest BCUT2D eigenvalue weighted by molar-refractivity contribution is 0.103. The van der Waals surface area contributed by atoms with Crippen molar-refractivity contribution in [1.29, 1.82) is 0 Å². The van der Waals surface area contributed by atoms with Gasteiger partial charge in [-0.25, -0.2) is 0 Å². The summed E-state index contributed by atoms with van der Waals surface area (Å²) in [6.45, 7) is 0. The number of nitrogen functional groups attached to an aromatic ring is 6. The smallest absolute Gasteiger partial charge is 0.193 e. The highest BCUT2D eigenvalue weighted by molar-refractivity contribution is 6.17. The fourth-order valence-electron chi connectivity index (χ4n) is 16.6. The van der Waals surface area contributed by atoms with E-state index < -0.39 is 0 Å². The van der Waals surface area contributed by atoms with Crippen molar-refractivity contribution < 1.29 is 57.2 Å². The van der Waals surface area contributed by atoms with Gasteiger partial charge in [-0.15, -0.1) is 0 Å². The van der Waals surface area contributed by atoms with E-state index in [1.165, 1.54) is 0 Å². The second kappa shape index (κ2) is 39.1. The first-order valence-corrected chi connectivity index (χ1v) is 44.2. The van der Waals surface area contributed by atoms with E-state index in [1.807, 2.05) is 146 Å². The average molecular weight is 1800 g/mol. The van der Waals surface area contributed by atoms with Gasteiger partial charge in [-0.3, -0.25) is 28.8 Å². The minimum Gasteiger partial charge on any atom is -0.457 e. The van der Waals surface area contributed by atoms with E-state index in [2.05, 4.69) is 0 Å². The van der Waals surface area contributed by atoms with Gasteiger partial charge in [0.05, 0.1) is 0 Å². The molecular formula is C120H84N6O12. The summed E-state index contributed by atoms with van der Waals surface area (Å²) in [5.41, 5.74) is 53.7. The molecule has 12 N–H and O–H groups in total. The molecule has 0 heterocycles. The summed E-state index contributed by atoms with van der Waals surface area (Å²) >= 11 is 0. The van der Waals surface area contributed by atoms with Crippen LogP contribution in [0, 0.1) is 0 Å². The molecule has 0 saturated carbocycles. The molecule has 0 atom stereocenters. The highest BCUT2D eigenvalue weighted by atomic mass is 16.5. The Hall–Kier alpha value is -19.2. The fourth-order valence-corrected chi connectivity index (χ4v) is 16.6. The number of rotatable bonds is 30. The molecule has 0 aliphatic carbocycles. The first-order valence-electron chi connectivity index (χ1n) is 44.2. The molecule has 0 saturated heterocycles. The molecular weight excluding hydrogens is 1720 g/mol. The van der Waals surface area contributed by atoms with Gasteiger partial charge in [0, 0.05) is 101 Å². The van der Waals surface area contributed by atoms with Crippen LogP contribution in [0.15, 0.2) is 437 Å². The SMILES string of the molecule is Nc1cccc(C(=O)c2ccc(Oc3ccc(-c4c(-c5ccc(Oc6ccc(C(=O)c7cccc(N)c7)cc6)cc5)c(-c5ccc(Oc6ccc(C(=O)c7cccc(N)c7)cc6)cc5)c(-c5ccc(Oc6ccc(C(=O)c7cccc(N)c7)cc6)cc5)c(-c5ccc(Oc6ccc(C(=O)c7cccc(N)c7)cc6)cc5)c4-c4ccc(Oc5ccc(C(=O)c6cccc(N)c6)cc5)cc4)cc3)cc2)c1. The Bertz CT molecular complexity index is 6610. The molecule has 666 valence electrons. The van der Waals surface area contributed by atoms with E-state index in [9.17, 15) is 28.8 Å². The van der Waals surface area contributed by atoms with Crippen LogP contribution in [0.4, 0.5) is 34.1 Å². The number of carbonyl (C=O) groups is 6. The number of anilines is 6. The Morgan fingerprint density at radius 3 is 0.348 bits per heavy atom. The zero-order chi connectivity index (χ0) is 94.9. The monoisotopic (exact) mass is 1800 g/mol.